The average molecular weight is 334 g/mol. The Kier molecular flexibility index (Phi) is 4.28. The summed E-state index contributed by atoms with van der Waals surface area (Å²) in [5, 5.41) is 13.1. The average Bonchev–Trinajstić information content (AvgIpc) is 3.01. The molecule has 2 saturated heterocycles. The SMILES string of the molecule is N#Cc1cc(Br)ccc1N1CCCCC1C1CCCN1. The van der Waals surface area contributed by atoms with Gasteiger partial charge in [-0.1, -0.05) is 15.9 Å². The van der Waals surface area contributed by atoms with Gasteiger partial charge in [0.2, 0.25) is 0 Å². The van der Waals surface area contributed by atoms with E-state index in [1.165, 1.54) is 32.1 Å². The first-order valence-corrected chi connectivity index (χ1v) is 8.28. The molecule has 0 radical (unpaired) electrons. The van der Waals surface area contributed by atoms with Crippen molar-refractivity contribution in [3.63, 3.8) is 0 Å². The van der Waals surface area contributed by atoms with Crippen LogP contribution in [0.15, 0.2) is 22.7 Å². The lowest BCUT2D eigenvalue weighted by atomic mass is 9.93. The number of hydrogen-bond acceptors (Lipinski definition) is 3. The van der Waals surface area contributed by atoms with Crippen molar-refractivity contribution in [2.45, 2.75) is 44.2 Å². The first kappa shape index (κ1) is 13.9. The molecule has 1 aromatic carbocycles. The predicted octanol–water partition coefficient (Wildman–Crippen LogP) is 3.43. The minimum absolute atomic E-state index is 0.541. The van der Waals surface area contributed by atoms with Crippen LogP contribution >= 0.6 is 15.9 Å². The molecule has 2 heterocycles. The molecule has 2 atom stereocenters. The van der Waals surface area contributed by atoms with Gasteiger partial charge in [-0.3, -0.25) is 0 Å². The van der Waals surface area contributed by atoms with Crippen molar-refractivity contribution in [2.24, 2.45) is 0 Å². The third-order valence-corrected chi connectivity index (χ3v) is 4.99. The Balaban J connectivity index is 1.91. The first-order chi connectivity index (χ1) is 9.79. The fraction of sp³-hybridized carbons (Fsp3) is 0.562. The summed E-state index contributed by atoms with van der Waals surface area (Å²) >= 11 is 3.46. The van der Waals surface area contributed by atoms with Gasteiger partial charge in [0, 0.05) is 23.1 Å². The lowest BCUT2D eigenvalue weighted by molar-refractivity contribution is 0.378. The van der Waals surface area contributed by atoms with Gasteiger partial charge in [-0.05, 0) is 56.8 Å². The van der Waals surface area contributed by atoms with E-state index in [-0.39, 0.29) is 0 Å². The summed E-state index contributed by atoms with van der Waals surface area (Å²) in [4.78, 5) is 2.47. The van der Waals surface area contributed by atoms with Crippen LogP contribution < -0.4 is 10.2 Å². The fourth-order valence-corrected chi connectivity index (χ4v) is 3.92. The highest BCUT2D eigenvalue weighted by atomic mass is 79.9. The number of piperidine rings is 1. The predicted molar refractivity (Wildman–Crippen MR) is 84.9 cm³/mol. The second-order valence-electron chi connectivity index (χ2n) is 5.73. The van der Waals surface area contributed by atoms with E-state index in [9.17, 15) is 5.26 Å². The highest BCUT2D eigenvalue weighted by Crippen LogP contribution is 2.32. The molecule has 3 rings (SSSR count). The quantitative estimate of drug-likeness (QED) is 0.901. The van der Waals surface area contributed by atoms with E-state index in [2.05, 4.69) is 38.3 Å². The number of hydrogen-bond donors (Lipinski definition) is 1. The fourth-order valence-electron chi connectivity index (χ4n) is 3.56. The molecule has 0 saturated carbocycles. The summed E-state index contributed by atoms with van der Waals surface area (Å²) in [6.45, 7) is 2.21. The Hall–Kier alpha value is -1.05. The summed E-state index contributed by atoms with van der Waals surface area (Å²) in [5.41, 5.74) is 1.89. The lowest BCUT2D eigenvalue weighted by Gasteiger charge is -2.41. The van der Waals surface area contributed by atoms with E-state index in [0.29, 0.717) is 12.1 Å². The maximum absolute atomic E-state index is 9.41. The maximum Gasteiger partial charge on any atom is 0.101 e. The van der Waals surface area contributed by atoms with E-state index in [1.54, 1.807) is 0 Å². The Morgan fingerprint density at radius 1 is 1.25 bits per heavy atom. The topological polar surface area (TPSA) is 39.1 Å². The van der Waals surface area contributed by atoms with Crippen molar-refractivity contribution in [3.8, 4) is 6.07 Å². The van der Waals surface area contributed by atoms with Crippen LogP contribution in [-0.2, 0) is 0 Å². The molecule has 1 aromatic rings. The van der Waals surface area contributed by atoms with E-state index >= 15 is 0 Å². The molecule has 20 heavy (non-hydrogen) atoms. The molecular weight excluding hydrogens is 314 g/mol. The third kappa shape index (κ3) is 2.70. The van der Waals surface area contributed by atoms with Crippen LogP contribution in [0.5, 0.6) is 0 Å². The van der Waals surface area contributed by atoms with Crippen LogP contribution in [0.25, 0.3) is 0 Å². The first-order valence-electron chi connectivity index (χ1n) is 7.49. The van der Waals surface area contributed by atoms with Crippen molar-refractivity contribution in [2.75, 3.05) is 18.0 Å². The minimum Gasteiger partial charge on any atom is -0.366 e. The highest BCUT2D eigenvalue weighted by Gasteiger charge is 2.32. The Bertz CT molecular complexity index is 517. The van der Waals surface area contributed by atoms with Crippen molar-refractivity contribution in [1.29, 1.82) is 5.26 Å². The molecule has 0 spiro atoms. The standard InChI is InChI=1S/C16H20BrN3/c17-13-6-7-15(12(10-13)11-18)20-9-2-1-5-16(20)14-4-3-8-19-14/h6-7,10,14,16,19H,1-5,8-9H2. The summed E-state index contributed by atoms with van der Waals surface area (Å²) in [6.07, 6.45) is 6.31. The van der Waals surface area contributed by atoms with E-state index in [4.69, 9.17) is 0 Å². The molecule has 0 aromatic heterocycles. The van der Waals surface area contributed by atoms with Gasteiger partial charge in [0.25, 0.3) is 0 Å². The molecule has 0 aliphatic carbocycles. The molecule has 4 heteroatoms. The summed E-state index contributed by atoms with van der Waals surface area (Å²) in [5.74, 6) is 0. The summed E-state index contributed by atoms with van der Waals surface area (Å²) < 4.78 is 0.977. The number of nitrogens with one attached hydrogen (secondary N) is 1. The number of benzene rings is 1. The van der Waals surface area contributed by atoms with Crippen LogP contribution in [0.3, 0.4) is 0 Å². The van der Waals surface area contributed by atoms with Gasteiger partial charge >= 0.3 is 0 Å². The zero-order chi connectivity index (χ0) is 13.9. The molecule has 2 fully saturated rings. The Morgan fingerprint density at radius 3 is 2.90 bits per heavy atom. The number of nitrogens with zero attached hydrogens (tertiary/aromatic N) is 2. The van der Waals surface area contributed by atoms with Gasteiger partial charge in [0.05, 0.1) is 11.3 Å². The normalized spacial score (nSPS) is 26.5. The molecule has 0 amide bonds. The molecule has 2 aliphatic heterocycles. The van der Waals surface area contributed by atoms with Gasteiger partial charge < -0.3 is 10.2 Å². The number of nitriles is 1. The van der Waals surface area contributed by atoms with Crippen molar-refractivity contribution >= 4 is 21.6 Å². The third-order valence-electron chi connectivity index (χ3n) is 4.50. The van der Waals surface area contributed by atoms with Gasteiger partial charge in [0.15, 0.2) is 0 Å². The molecule has 1 N–H and O–H groups in total. The van der Waals surface area contributed by atoms with E-state index < -0.39 is 0 Å². The number of anilines is 1. The van der Waals surface area contributed by atoms with Gasteiger partial charge in [0.1, 0.15) is 6.07 Å². The molecule has 3 nitrogen and oxygen atoms in total. The van der Waals surface area contributed by atoms with Crippen LogP contribution in [0.2, 0.25) is 0 Å². The molecule has 2 unspecified atom stereocenters. The van der Waals surface area contributed by atoms with Crippen molar-refractivity contribution in [3.05, 3.63) is 28.2 Å². The maximum atomic E-state index is 9.41. The molecule has 2 aliphatic rings. The summed E-state index contributed by atoms with van der Waals surface area (Å²) in [7, 11) is 0. The zero-order valence-electron chi connectivity index (χ0n) is 11.6. The number of halogens is 1. The molecule has 106 valence electrons. The Morgan fingerprint density at radius 2 is 2.15 bits per heavy atom. The van der Waals surface area contributed by atoms with E-state index in [1.807, 2.05) is 12.1 Å². The van der Waals surface area contributed by atoms with Crippen LogP contribution in [0.4, 0.5) is 5.69 Å². The van der Waals surface area contributed by atoms with Gasteiger partial charge in [-0.25, -0.2) is 0 Å². The largest absolute Gasteiger partial charge is 0.366 e. The second kappa shape index (κ2) is 6.15. The monoisotopic (exact) mass is 333 g/mol. The van der Waals surface area contributed by atoms with Gasteiger partial charge in [-0.2, -0.15) is 5.26 Å². The second-order valence-corrected chi connectivity index (χ2v) is 6.65. The van der Waals surface area contributed by atoms with Crippen molar-refractivity contribution < 1.29 is 0 Å². The zero-order valence-corrected chi connectivity index (χ0v) is 13.2. The lowest BCUT2D eigenvalue weighted by Crippen LogP contribution is -2.50. The van der Waals surface area contributed by atoms with E-state index in [0.717, 1.165) is 28.8 Å². The Labute approximate surface area is 129 Å². The summed E-state index contributed by atoms with van der Waals surface area (Å²) in [6, 6.07) is 9.55. The minimum atomic E-state index is 0.541. The molecular formula is C16H20BrN3. The highest BCUT2D eigenvalue weighted by molar-refractivity contribution is 9.10. The van der Waals surface area contributed by atoms with Crippen molar-refractivity contribution in [1.82, 2.24) is 5.32 Å². The van der Waals surface area contributed by atoms with Crippen LogP contribution in [-0.4, -0.2) is 25.2 Å². The smallest absolute Gasteiger partial charge is 0.101 e. The van der Waals surface area contributed by atoms with Crippen LogP contribution in [0.1, 0.15) is 37.7 Å². The van der Waals surface area contributed by atoms with Crippen LogP contribution in [0, 0.1) is 11.3 Å². The molecule has 0 bridgehead atoms. The van der Waals surface area contributed by atoms with Gasteiger partial charge in [-0.15, -0.1) is 0 Å². The number of rotatable bonds is 2.